The fraction of sp³-hybridized carbons (Fsp3) is 0. The summed E-state index contributed by atoms with van der Waals surface area (Å²) in [4.78, 5) is 10.3. The van der Waals surface area contributed by atoms with Crippen molar-refractivity contribution in [3.8, 4) is 5.75 Å². The number of carbonyl (C=O) groups excluding carboxylic acids is 1. The van der Waals surface area contributed by atoms with Gasteiger partial charge in [0.2, 0.25) is 6.29 Å². The van der Waals surface area contributed by atoms with Crippen molar-refractivity contribution in [3.63, 3.8) is 0 Å². The fourth-order valence-corrected chi connectivity index (χ4v) is 1.33. The molecule has 2 heteroatoms. The molecule has 13 heavy (non-hydrogen) atoms. The minimum Gasteiger partial charge on any atom is -0.507 e. The zero-order chi connectivity index (χ0) is 9.26. The molecule has 1 N–H and O–H groups in total. The van der Waals surface area contributed by atoms with Crippen LogP contribution in [0.1, 0.15) is 5.56 Å². The van der Waals surface area contributed by atoms with E-state index in [0.29, 0.717) is 5.56 Å². The minimum absolute atomic E-state index is 0.231. The number of hydrogen-bond acceptors (Lipinski definition) is 2. The number of aromatic hydroxyl groups is 1. The Morgan fingerprint density at radius 1 is 1.15 bits per heavy atom. The summed E-state index contributed by atoms with van der Waals surface area (Å²) in [6, 6.07) is 10.2. The highest BCUT2D eigenvalue weighted by molar-refractivity contribution is 5.92. The Kier molecular flexibility index (Phi) is 1.74. The van der Waals surface area contributed by atoms with Gasteiger partial charge >= 0.3 is 0 Å². The highest BCUT2D eigenvalue weighted by atomic mass is 16.3. The second-order valence-corrected chi connectivity index (χ2v) is 2.82. The minimum atomic E-state index is 0.231. The van der Waals surface area contributed by atoms with Crippen LogP contribution >= 0.6 is 0 Å². The van der Waals surface area contributed by atoms with E-state index in [1.54, 1.807) is 36.6 Å². The van der Waals surface area contributed by atoms with E-state index in [9.17, 15) is 9.90 Å². The third-order valence-corrected chi connectivity index (χ3v) is 1.98. The molecule has 0 fully saturated rings. The van der Waals surface area contributed by atoms with E-state index >= 15 is 0 Å². The third-order valence-electron chi connectivity index (χ3n) is 1.98. The Hall–Kier alpha value is -1.83. The van der Waals surface area contributed by atoms with Crippen LogP contribution in [0.2, 0.25) is 0 Å². The van der Waals surface area contributed by atoms with Crippen molar-refractivity contribution in [2.45, 2.75) is 0 Å². The first kappa shape index (κ1) is 7.80. The quantitative estimate of drug-likeness (QED) is 0.712. The molecular formula is C11H7O2. The molecule has 0 heterocycles. The molecule has 63 valence electrons. The SMILES string of the molecule is O=[C]c1ccc2c(O)cccc2c1. The molecule has 2 aromatic carbocycles. The van der Waals surface area contributed by atoms with Gasteiger partial charge in [-0.25, -0.2) is 0 Å². The Bertz CT molecular complexity index is 461. The van der Waals surface area contributed by atoms with Crippen molar-refractivity contribution >= 4 is 17.1 Å². The Balaban J connectivity index is 2.79. The van der Waals surface area contributed by atoms with Gasteiger partial charge < -0.3 is 5.11 Å². The van der Waals surface area contributed by atoms with Crippen LogP contribution in [-0.2, 0) is 4.79 Å². The van der Waals surface area contributed by atoms with Crippen LogP contribution in [-0.4, -0.2) is 11.4 Å². The molecule has 0 unspecified atom stereocenters. The second-order valence-electron chi connectivity index (χ2n) is 2.82. The molecule has 2 rings (SSSR count). The van der Waals surface area contributed by atoms with Gasteiger partial charge in [0.1, 0.15) is 5.75 Å². The van der Waals surface area contributed by atoms with Crippen molar-refractivity contribution in [1.82, 2.24) is 0 Å². The highest BCUT2D eigenvalue weighted by Gasteiger charge is 1.99. The first-order valence-electron chi connectivity index (χ1n) is 3.91. The van der Waals surface area contributed by atoms with Crippen molar-refractivity contribution < 1.29 is 9.90 Å². The van der Waals surface area contributed by atoms with Crippen LogP contribution in [0, 0.1) is 0 Å². The maximum Gasteiger partial charge on any atom is 0.233 e. The second kappa shape index (κ2) is 2.90. The standard InChI is InChI=1S/C11H7O2/c12-7-8-4-5-10-9(6-8)2-1-3-11(10)13/h1-6,13H. The lowest BCUT2D eigenvalue weighted by molar-refractivity contribution is 0.481. The first-order valence-corrected chi connectivity index (χ1v) is 3.91. The van der Waals surface area contributed by atoms with Gasteiger partial charge in [0.15, 0.2) is 0 Å². The topological polar surface area (TPSA) is 37.3 Å². The lowest BCUT2D eigenvalue weighted by atomic mass is 10.1. The molecule has 0 bridgehead atoms. The maximum absolute atomic E-state index is 10.3. The lowest BCUT2D eigenvalue weighted by Gasteiger charge is -1.99. The summed E-state index contributed by atoms with van der Waals surface area (Å²) < 4.78 is 0. The highest BCUT2D eigenvalue weighted by Crippen LogP contribution is 2.24. The van der Waals surface area contributed by atoms with Crippen molar-refractivity contribution in [3.05, 3.63) is 42.0 Å². The summed E-state index contributed by atoms with van der Waals surface area (Å²) in [6.07, 6.45) is 1.81. The Morgan fingerprint density at radius 3 is 2.77 bits per heavy atom. The van der Waals surface area contributed by atoms with Crippen LogP contribution in [0.25, 0.3) is 10.8 Å². The summed E-state index contributed by atoms with van der Waals surface area (Å²) in [6.45, 7) is 0. The molecule has 0 spiro atoms. The molecule has 0 aliphatic heterocycles. The average molecular weight is 171 g/mol. The van der Waals surface area contributed by atoms with Crippen molar-refractivity contribution in [1.29, 1.82) is 0 Å². The van der Waals surface area contributed by atoms with E-state index in [4.69, 9.17) is 0 Å². The maximum atomic E-state index is 10.3. The summed E-state index contributed by atoms with van der Waals surface area (Å²) in [5.74, 6) is 0.231. The number of rotatable bonds is 1. The van der Waals surface area contributed by atoms with Crippen LogP contribution in [0.3, 0.4) is 0 Å². The molecule has 0 aliphatic carbocycles. The monoisotopic (exact) mass is 171 g/mol. The molecule has 0 atom stereocenters. The van der Waals surface area contributed by atoms with Crippen molar-refractivity contribution in [2.24, 2.45) is 0 Å². The van der Waals surface area contributed by atoms with E-state index in [-0.39, 0.29) is 5.75 Å². The fourth-order valence-electron chi connectivity index (χ4n) is 1.33. The predicted molar refractivity (Wildman–Crippen MR) is 50.4 cm³/mol. The van der Waals surface area contributed by atoms with E-state index in [2.05, 4.69) is 0 Å². The molecule has 0 aromatic heterocycles. The van der Waals surface area contributed by atoms with Gasteiger partial charge in [-0.05, 0) is 23.6 Å². The van der Waals surface area contributed by atoms with E-state index in [1.807, 2.05) is 6.07 Å². The Morgan fingerprint density at radius 2 is 2.00 bits per heavy atom. The molecule has 0 aliphatic rings. The largest absolute Gasteiger partial charge is 0.507 e. The smallest absolute Gasteiger partial charge is 0.233 e. The van der Waals surface area contributed by atoms with E-state index < -0.39 is 0 Å². The number of hydrogen-bond donors (Lipinski definition) is 1. The molecule has 2 aromatic rings. The summed E-state index contributed by atoms with van der Waals surface area (Å²) >= 11 is 0. The average Bonchev–Trinajstić information content (AvgIpc) is 2.18. The first-order chi connectivity index (χ1) is 6.31. The number of fused-ring (bicyclic) bond motifs is 1. The molecule has 0 amide bonds. The van der Waals surface area contributed by atoms with Gasteiger partial charge in [-0.15, -0.1) is 0 Å². The number of phenols is 1. The summed E-state index contributed by atoms with van der Waals surface area (Å²) in [7, 11) is 0. The summed E-state index contributed by atoms with van der Waals surface area (Å²) in [5.41, 5.74) is 0.498. The van der Waals surface area contributed by atoms with Crippen LogP contribution < -0.4 is 0 Å². The molecule has 2 nitrogen and oxygen atoms in total. The molecule has 0 saturated heterocycles. The molecule has 1 radical (unpaired) electrons. The van der Waals surface area contributed by atoms with Gasteiger partial charge in [-0.2, -0.15) is 0 Å². The zero-order valence-corrected chi connectivity index (χ0v) is 6.82. The predicted octanol–water partition coefficient (Wildman–Crippen LogP) is 2.00. The summed E-state index contributed by atoms with van der Waals surface area (Å²) in [5, 5.41) is 11.0. The van der Waals surface area contributed by atoms with Crippen LogP contribution in [0.15, 0.2) is 36.4 Å². The number of phenolic OH excluding ortho intramolecular Hbond substituents is 1. The molecule has 0 saturated carbocycles. The lowest BCUT2D eigenvalue weighted by Crippen LogP contribution is -1.80. The van der Waals surface area contributed by atoms with Gasteiger partial charge in [0, 0.05) is 10.9 Å². The van der Waals surface area contributed by atoms with Crippen LogP contribution in [0.4, 0.5) is 0 Å². The van der Waals surface area contributed by atoms with Gasteiger partial charge in [-0.1, -0.05) is 18.2 Å². The Labute approximate surface area is 75.4 Å². The molecular weight excluding hydrogens is 164 g/mol. The third kappa shape index (κ3) is 1.26. The zero-order valence-electron chi connectivity index (χ0n) is 6.82. The van der Waals surface area contributed by atoms with Gasteiger partial charge in [-0.3, -0.25) is 4.79 Å². The van der Waals surface area contributed by atoms with Crippen molar-refractivity contribution in [2.75, 3.05) is 0 Å². The van der Waals surface area contributed by atoms with Gasteiger partial charge in [0.25, 0.3) is 0 Å². The number of benzene rings is 2. The van der Waals surface area contributed by atoms with Gasteiger partial charge in [0.05, 0.1) is 0 Å². The van der Waals surface area contributed by atoms with E-state index in [1.165, 1.54) is 0 Å². The van der Waals surface area contributed by atoms with Crippen LogP contribution in [0.5, 0.6) is 5.75 Å². The normalized spacial score (nSPS) is 10.2. The van der Waals surface area contributed by atoms with E-state index in [0.717, 1.165) is 10.8 Å².